The zero-order valence-corrected chi connectivity index (χ0v) is 64.9. The van der Waals surface area contributed by atoms with Gasteiger partial charge in [-0.1, -0.05) is 326 Å². The van der Waals surface area contributed by atoms with Crippen molar-refractivity contribution in [3.05, 3.63) is 0 Å². The van der Waals surface area contributed by atoms with Crippen LogP contribution in [0.25, 0.3) is 0 Å². The highest BCUT2D eigenvalue weighted by atomic mass is 14.5. The van der Waals surface area contributed by atoms with Crippen molar-refractivity contribution < 1.29 is 12.3 Å². The van der Waals surface area contributed by atoms with Crippen LogP contribution in [0, 0.1) is 160 Å². The third kappa shape index (κ3) is 27.0. The Kier molecular flexibility index (Phi) is 28.1. The van der Waals surface area contributed by atoms with E-state index in [2.05, 4.69) is 62.3 Å². The molecule has 16 atom stereocenters. The van der Waals surface area contributed by atoms with Crippen molar-refractivity contribution in [2.24, 2.45) is 160 Å². The summed E-state index contributed by atoms with van der Waals surface area (Å²) in [4.78, 5) is 0. The monoisotopic (exact) mass is 1310 g/mol. The van der Waals surface area contributed by atoms with Crippen LogP contribution in [0.2, 0.25) is 0 Å². The quantitative estimate of drug-likeness (QED) is 0.227. The Bertz CT molecular complexity index is 2380. The summed E-state index contributed by atoms with van der Waals surface area (Å²) in [5.41, 5.74) is 0. The van der Waals surface area contributed by atoms with Crippen LogP contribution in [0.1, 0.15) is 447 Å². The Balaban J connectivity index is 0.000000125. The lowest BCUT2D eigenvalue weighted by Gasteiger charge is -2.34. The van der Waals surface area contributed by atoms with E-state index in [1.54, 1.807) is 0 Å². The number of fused-ring (bicyclic) bond motifs is 31. The molecule has 0 heterocycles. The molecule has 0 spiro atoms. The van der Waals surface area contributed by atoms with Crippen LogP contribution in [0.5, 0.6) is 0 Å². The van der Waals surface area contributed by atoms with Gasteiger partial charge >= 0.3 is 0 Å². The Labute approximate surface area is 603 Å². The van der Waals surface area contributed by atoms with Gasteiger partial charge in [0.25, 0.3) is 0 Å². The number of hydrogen-bond acceptors (Lipinski definition) is 0. The minimum absolute atomic E-state index is 0.0231. The molecule has 23 aliphatic rings. The molecule has 546 valence electrons. The first-order chi connectivity index (χ1) is 48.5. The molecule has 23 rings (SSSR count). The van der Waals surface area contributed by atoms with Gasteiger partial charge in [0.15, 0.2) is 0 Å². The summed E-state index contributed by atoms with van der Waals surface area (Å²) < 4.78 is 72.7. The summed E-state index contributed by atoms with van der Waals surface area (Å²) in [7, 11) is 0. The van der Waals surface area contributed by atoms with Crippen molar-refractivity contribution in [2.45, 2.75) is 435 Å². The van der Waals surface area contributed by atoms with Gasteiger partial charge in [-0.2, -0.15) is 0 Å². The van der Waals surface area contributed by atoms with Crippen molar-refractivity contribution in [1.82, 2.24) is 0 Å². The fourth-order valence-corrected chi connectivity index (χ4v) is 24.5. The van der Waals surface area contributed by atoms with Gasteiger partial charge in [-0.25, -0.2) is 0 Å². The van der Waals surface area contributed by atoms with Gasteiger partial charge in [0.05, 0.1) is 0 Å². The molecule has 0 aliphatic heterocycles. The summed E-state index contributed by atoms with van der Waals surface area (Å²) in [6.45, 7) is 19.2. The molecular formula is C94H170. The minimum Gasteiger partial charge on any atom is -0.0625 e. The third-order valence-electron chi connectivity index (χ3n) is 30.6. The molecule has 0 nitrogen and oxygen atoms in total. The van der Waals surface area contributed by atoms with E-state index in [1.165, 1.54) is 334 Å². The molecule has 0 saturated heterocycles. The van der Waals surface area contributed by atoms with Crippen LogP contribution in [0.15, 0.2) is 0 Å². The predicted octanol–water partition coefficient (Wildman–Crippen LogP) is 30.6. The lowest BCUT2D eigenvalue weighted by Crippen LogP contribution is -2.20. The molecule has 23 saturated carbocycles. The minimum atomic E-state index is -0.113. The van der Waals surface area contributed by atoms with Crippen LogP contribution < -0.4 is 0 Å². The maximum absolute atomic E-state index is 8.31. The van der Waals surface area contributed by atoms with E-state index in [0.29, 0.717) is 0 Å². The van der Waals surface area contributed by atoms with Gasteiger partial charge in [0.1, 0.15) is 0 Å². The topological polar surface area (TPSA) is 0 Å². The first kappa shape index (κ1) is 64.8. The smallest absolute Gasteiger partial charge is 0.0303 e. The highest BCUT2D eigenvalue weighted by molar-refractivity contribution is 4.92. The average molecular weight is 1310 g/mol. The van der Waals surface area contributed by atoms with Crippen LogP contribution in [0.4, 0.5) is 0 Å². The predicted molar refractivity (Wildman–Crippen MR) is 413 cm³/mol. The summed E-state index contributed by atoms with van der Waals surface area (Å²) >= 11 is 0. The van der Waals surface area contributed by atoms with E-state index in [4.69, 9.17) is 12.3 Å². The fourth-order valence-electron chi connectivity index (χ4n) is 24.5. The maximum atomic E-state index is 8.31. The largest absolute Gasteiger partial charge is 0.0625 e. The third-order valence-corrected chi connectivity index (χ3v) is 30.6. The Morgan fingerprint density at radius 3 is 0.723 bits per heavy atom. The van der Waals surface area contributed by atoms with E-state index in [-0.39, 0.29) is 53.0 Å². The van der Waals surface area contributed by atoms with E-state index in [0.717, 1.165) is 145 Å². The van der Waals surface area contributed by atoms with Gasteiger partial charge in [-0.15, -0.1) is 0 Å². The van der Waals surface area contributed by atoms with Crippen molar-refractivity contribution >= 4 is 0 Å². The summed E-state index contributed by atoms with van der Waals surface area (Å²) in [6, 6.07) is 0. The molecule has 0 heteroatoms. The Morgan fingerprint density at radius 1 is 0.138 bits per heavy atom. The molecule has 23 aliphatic carbocycles. The van der Waals surface area contributed by atoms with E-state index in [9.17, 15) is 0 Å². The SMILES string of the molecule is [2H]C1(C)CC2CCCC(CCC2)C1.[2H][C@@]1(C)CC2CC1C2.[2H][C@@]1(C)CC2CCCC1C2.[2H][C@@]1(C)CCC2CC(C2)C1.[2H][C@@]1(C)CCC2CCC(C2)C1.[2H][C@@]1(C)CCC2CCC(CC2)C1.[2H][C@@]1(C)CCC2CCCC(C2)C1.[2H][C@@]1(C)CCC2CCCC(CC2)C1.[2H][C@@]1(C)CCC2CCCC(CCC2)C1. The maximum Gasteiger partial charge on any atom is 0.0303 e. The van der Waals surface area contributed by atoms with Crippen molar-refractivity contribution in [3.63, 3.8) is 0 Å². The van der Waals surface area contributed by atoms with E-state index < -0.39 is 0 Å². The van der Waals surface area contributed by atoms with Gasteiger partial charge < -0.3 is 0 Å². The standard InChI is InChI=1S/C13H24.2C12H22.2C11H20.C10H18.2C9H16.C7H12/c1-11-8-9-12-4-2-6-13(10-11)7-3-5-12;1-10-8-11-4-2-5-12(9-10)7-3-6-11;1-10-5-6-11-3-2-4-12(9-10)8-7-11;1-9-2-3-10-4-6-11(8-9)7-5-10;1-9-5-6-10-3-2-4-11(7-9)8-10;1-8-2-3-9-4-5-10(6-8)7-9;1-7-2-3-8-5-9(4-7)6-8;1-7-5-8-3-2-4-9(7)6-8;1-5-2-6-3-7(5)4-6/h11-13H,2-10H2,1H3;2*10-12H,2-9H2,1H3;2*9-11H,2-8H2,1H3;8-10H,2-7H2,1H3;2*7-9H,2-6H2,1H3;5-7H,2-4H2,1H3/t11-,12?,13?;;10-,11?,12?;2*9-,10?,11?;8-,9?,10?;2*7-,8?,9?;5-,6?,7?/m1.1111111/s1/i11D;2*10D;2*9D;8D;2*7D;5D. The highest BCUT2D eigenvalue weighted by Crippen LogP contribution is 2.52. The lowest BCUT2D eigenvalue weighted by atomic mass is 9.72. The Hall–Kier alpha value is 0. The Morgan fingerprint density at radius 2 is 0.330 bits per heavy atom. The van der Waals surface area contributed by atoms with Crippen LogP contribution >= 0.6 is 0 Å². The first-order valence-corrected chi connectivity index (χ1v) is 44.0. The van der Waals surface area contributed by atoms with E-state index >= 15 is 0 Å². The molecular weight excluding hydrogens is 1130 g/mol. The summed E-state index contributed by atoms with van der Waals surface area (Å²) in [5, 5.41) is 0. The molecule has 8 unspecified atom stereocenters. The first-order valence-electron chi connectivity index (χ1n) is 48.5. The lowest BCUT2D eigenvalue weighted by molar-refractivity contribution is 0.185. The van der Waals surface area contributed by atoms with Gasteiger partial charge in [-0.3, -0.25) is 0 Å². The molecule has 18 bridgehead atoms. The summed E-state index contributed by atoms with van der Waals surface area (Å²) in [5.74, 6) is 15.7. The second-order valence-electron chi connectivity index (χ2n) is 39.4. The fraction of sp³-hybridized carbons (Fsp3) is 1.00. The highest BCUT2D eigenvalue weighted by Gasteiger charge is 2.42. The summed E-state index contributed by atoms with van der Waals surface area (Å²) in [6.07, 6.45) is 77.7. The molecule has 23 fully saturated rings. The van der Waals surface area contributed by atoms with Gasteiger partial charge in [0.2, 0.25) is 0 Å². The van der Waals surface area contributed by atoms with Crippen LogP contribution in [-0.4, -0.2) is 0 Å². The molecule has 0 N–H and O–H groups in total. The zero-order valence-electron chi connectivity index (χ0n) is 73.9. The van der Waals surface area contributed by atoms with Crippen molar-refractivity contribution in [3.8, 4) is 0 Å². The molecule has 0 aromatic rings. The molecule has 0 aromatic heterocycles. The van der Waals surface area contributed by atoms with Crippen LogP contribution in [-0.2, 0) is 0 Å². The zero-order chi connectivity index (χ0) is 73.9. The van der Waals surface area contributed by atoms with Crippen molar-refractivity contribution in [1.29, 1.82) is 0 Å². The molecule has 0 amide bonds. The van der Waals surface area contributed by atoms with Crippen molar-refractivity contribution in [2.75, 3.05) is 0 Å². The normalized spacial score (nSPS) is 54.5. The second kappa shape index (κ2) is 40.7. The second-order valence-corrected chi connectivity index (χ2v) is 39.4. The van der Waals surface area contributed by atoms with Gasteiger partial charge in [0, 0.05) is 12.3 Å². The van der Waals surface area contributed by atoms with Crippen LogP contribution in [0.3, 0.4) is 0 Å². The molecule has 0 aromatic carbocycles. The number of hydrogen-bond donors (Lipinski definition) is 0. The van der Waals surface area contributed by atoms with E-state index in [1.807, 2.05) is 0 Å². The average Bonchev–Trinajstić information content (AvgIpc) is 1.62. The van der Waals surface area contributed by atoms with Gasteiger partial charge in [-0.05, 0) is 269 Å². The number of rotatable bonds is 0. The molecule has 94 heavy (non-hydrogen) atoms. The molecule has 0 radical (unpaired) electrons.